The van der Waals surface area contributed by atoms with Crippen molar-refractivity contribution >= 4 is 66.4 Å². The molecule has 0 heterocycles. The molecule has 0 amide bonds. The van der Waals surface area contributed by atoms with E-state index in [1.807, 2.05) is 0 Å². The minimum atomic E-state index is 1.16. The molecule has 2 nitrogen and oxygen atoms in total. The van der Waals surface area contributed by atoms with Crippen LogP contribution in [0.15, 0.2) is 182 Å². The maximum absolute atomic E-state index is 2.49. The van der Waals surface area contributed by atoms with Crippen LogP contribution in [0.3, 0.4) is 0 Å². The minimum Gasteiger partial charge on any atom is -0.310 e. The van der Waals surface area contributed by atoms with Gasteiger partial charge in [-0.3, -0.25) is 0 Å². The monoisotopic (exact) mass is 772 g/mol. The molecule has 0 aliphatic carbocycles. The van der Waals surface area contributed by atoms with Gasteiger partial charge in [0.25, 0.3) is 0 Å². The largest absolute Gasteiger partial charge is 0.310 e. The Morgan fingerprint density at radius 2 is 0.667 bits per heavy atom. The van der Waals surface area contributed by atoms with Crippen molar-refractivity contribution in [1.29, 1.82) is 0 Å². The Bertz CT molecular complexity index is 2960. The van der Waals surface area contributed by atoms with Gasteiger partial charge in [0.2, 0.25) is 0 Å². The molecule has 0 radical (unpaired) electrons. The van der Waals surface area contributed by atoms with E-state index in [2.05, 4.69) is 233 Å². The Labute approximate surface area is 354 Å². The summed E-state index contributed by atoms with van der Waals surface area (Å²) in [6, 6.07) is 67.5. The maximum atomic E-state index is 2.49. The Morgan fingerprint density at radius 3 is 1.05 bits per heavy atom. The van der Waals surface area contributed by atoms with E-state index in [1.54, 1.807) is 0 Å². The van der Waals surface area contributed by atoms with Crippen molar-refractivity contribution in [2.45, 2.75) is 41.5 Å². The summed E-state index contributed by atoms with van der Waals surface area (Å²) in [5.41, 5.74) is 19.4. The summed E-state index contributed by atoms with van der Waals surface area (Å²) in [4.78, 5) is 4.99. The molecule has 0 saturated heterocycles. The molecule has 0 N–H and O–H groups in total. The molecule has 10 aromatic rings. The molecule has 0 saturated carbocycles. The molecular formula is C58H48N2. The van der Waals surface area contributed by atoms with Crippen LogP contribution in [0.1, 0.15) is 33.4 Å². The minimum absolute atomic E-state index is 1.16. The molecule has 0 aromatic heterocycles. The first-order valence-corrected chi connectivity index (χ1v) is 21.0. The fraction of sp³-hybridized carbons (Fsp3) is 0.103. The predicted molar refractivity (Wildman–Crippen MR) is 259 cm³/mol. The van der Waals surface area contributed by atoms with Crippen molar-refractivity contribution in [1.82, 2.24) is 0 Å². The second kappa shape index (κ2) is 14.9. The van der Waals surface area contributed by atoms with Crippen molar-refractivity contribution in [2.24, 2.45) is 0 Å². The van der Waals surface area contributed by atoms with Crippen LogP contribution in [0, 0.1) is 41.5 Å². The van der Waals surface area contributed by atoms with Gasteiger partial charge < -0.3 is 9.80 Å². The highest BCUT2D eigenvalue weighted by molar-refractivity contribution is 6.28. The number of nitrogens with zero attached hydrogens (tertiary/aromatic N) is 2. The normalized spacial score (nSPS) is 11.5. The summed E-state index contributed by atoms with van der Waals surface area (Å²) in [5.74, 6) is 0. The lowest BCUT2D eigenvalue weighted by atomic mass is 9.91. The number of hydrogen-bond donors (Lipinski definition) is 0. The molecule has 2 heteroatoms. The van der Waals surface area contributed by atoms with Gasteiger partial charge in [0, 0.05) is 33.5 Å². The van der Waals surface area contributed by atoms with Crippen molar-refractivity contribution in [2.75, 3.05) is 9.80 Å². The number of anilines is 6. The van der Waals surface area contributed by atoms with Crippen LogP contribution in [0.5, 0.6) is 0 Å². The highest BCUT2D eigenvalue weighted by atomic mass is 15.2. The average Bonchev–Trinajstić information content (AvgIpc) is 3.25. The van der Waals surface area contributed by atoms with Gasteiger partial charge in [0.15, 0.2) is 0 Å². The molecule has 0 bridgehead atoms. The highest BCUT2D eigenvalue weighted by Gasteiger charge is 2.24. The molecule has 0 unspecified atom stereocenters. The molecule has 0 spiro atoms. The summed E-state index contributed by atoms with van der Waals surface area (Å²) in [6.45, 7) is 13.3. The van der Waals surface area contributed by atoms with E-state index in [-0.39, 0.29) is 0 Å². The van der Waals surface area contributed by atoms with E-state index < -0.39 is 0 Å². The zero-order valence-corrected chi connectivity index (χ0v) is 35.2. The molecule has 10 rings (SSSR count). The highest BCUT2D eigenvalue weighted by Crippen LogP contribution is 2.49. The number of hydrogen-bond acceptors (Lipinski definition) is 2. The van der Waals surface area contributed by atoms with E-state index in [1.165, 1.54) is 99.3 Å². The third kappa shape index (κ3) is 6.37. The third-order valence-corrected chi connectivity index (χ3v) is 12.3. The third-order valence-electron chi connectivity index (χ3n) is 12.3. The smallest absolute Gasteiger partial charge is 0.0540 e. The summed E-state index contributed by atoms with van der Waals surface area (Å²) in [6.07, 6.45) is 0. The van der Waals surface area contributed by atoms with Crippen LogP contribution in [0.25, 0.3) is 54.6 Å². The van der Waals surface area contributed by atoms with Crippen LogP contribution in [-0.4, -0.2) is 0 Å². The molecule has 10 aromatic carbocycles. The van der Waals surface area contributed by atoms with Crippen molar-refractivity contribution in [3.05, 3.63) is 215 Å². The van der Waals surface area contributed by atoms with Crippen LogP contribution < -0.4 is 9.80 Å². The lowest BCUT2D eigenvalue weighted by Crippen LogP contribution is -2.13. The topological polar surface area (TPSA) is 6.48 Å². The molecular weight excluding hydrogens is 725 g/mol. The first-order valence-electron chi connectivity index (χ1n) is 21.0. The Kier molecular flexibility index (Phi) is 9.22. The van der Waals surface area contributed by atoms with Crippen LogP contribution in [0.4, 0.5) is 34.1 Å². The molecule has 290 valence electrons. The van der Waals surface area contributed by atoms with Gasteiger partial charge in [-0.1, -0.05) is 133 Å². The predicted octanol–water partition coefficient (Wildman–Crippen LogP) is 16.7. The standard InChI is InChI=1S/C58H48N2/c1-37-31-38(2)34-47(33-37)59(53-21-13-19-49(41(53)5)43-15-9-7-10-16-43)55-29-25-45-24-28-52-56(30-26-46-23-27-51(55)57(45)58(46)52)60(48-35-39(3)32-40(4)36-48)54-22-14-20-50(42(54)6)44-17-11-8-12-18-44/h7-36H,1-6H3. The van der Waals surface area contributed by atoms with Crippen LogP contribution >= 0.6 is 0 Å². The van der Waals surface area contributed by atoms with Crippen LogP contribution in [-0.2, 0) is 0 Å². The van der Waals surface area contributed by atoms with Crippen molar-refractivity contribution < 1.29 is 0 Å². The van der Waals surface area contributed by atoms with Gasteiger partial charge in [-0.15, -0.1) is 0 Å². The molecule has 0 fully saturated rings. The van der Waals surface area contributed by atoms with Gasteiger partial charge in [0.05, 0.1) is 11.4 Å². The van der Waals surface area contributed by atoms with Gasteiger partial charge in [-0.25, -0.2) is 0 Å². The average molecular weight is 773 g/mol. The lowest BCUT2D eigenvalue weighted by molar-refractivity contribution is 1.24. The number of rotatable bonds is 8. The second-order valence-electron chi connectivity index (χ2n) is 16.6. The van der Waals surface area contributed by atoms with Gasteiger partial charge in [-0.2, -0.15) is 0 Å². The first kappa shape index (κ1) is 37.1. The SMILES string of the molecule is Cc1cc(C)cc(N(c2cccc(-c3ccccc3)c2C)c2ccc3ccc4c(N(c5cc(C)cc(C)c5)c5cccc(-c6ccccc6)c5C)ccc5ccc2c3c54)c1. The fourth-order valence-electron chi connectivity index (χ4n) is 9.73. The Hall–Kier alpha value is -7.16. The van der Waals surface area contributed by atoms with Gasteiger partial charge in [0.1, 0.15) is 0 Å². The van der Waals surface area contributed by atoms with Gasteiger partial charge >= 0.3 is 0 Å². The second-order valence-corrected chi connectivity index (χ2v) is 16.6. The quantitative estimate of drug-likeness (QED) is 0.142. The van der Waals surface area contributed by atoms with Crippen molar-refractivity contribution in [3.63, 3.8) is 0 Å². The van der Waals surface area contributed by atoms with E-state index in [0.717, 1.165) is 22.7 Å². The number of benzene rings is 10. The summed E-state index contributed by atoms with van der Waals surface area (Å²) in [7, 11) is 0. The molecule has 0 aliphatic heterocycles. The van der Waals surface area contributed by atoms with E-state index >= 15 is 0 Å². The van der Waals surface area contributed by atoms with E-state index in [4.69, 9.17) is 0 Å². The lowest BCUT2D eigenvalue weighted by Gasteiger charge is -2.31. The number of aryl methyl sites for hydroxylation is 4. The van der Waals surface area contributed by atoms with E-state index in [9.17, 15) is 0 Å². The zero-order chi connectivity index (χ0) is 41.1. The van der Waals surface area contributed by atoms with Crippen molar-refractivity contribution in [3.8, 4) is 22.3 Å². The Balaban J connectivity index is 1.24. The summed E-state index contributed by atoms with van der Waals surface area (Å²) >= 11 is 0. The maximum Gasteiger partial charge on any atom is 0.0540 e. The van der Waals surface area contributed by atoms with Crippen LogP contribution in [0.2, 0.25) is 0 Å². The zero-order valence-electron chi connectivity index (χ0n) is 35.2. The molecule has 60 heavy (non-hydrogen) atoms. The fourth-order valence-corrected chi connectivity index (χ4v) is 9.73. The first-order chi connectivity index (χ1) is 29.2. The van der Waals surface area contributed by atoms with Gasteiger partial charge in [-0.05, 0) is 167 Å². The molecule has 0 aliphatic rings. The summed E-state index contributed by atoms with van der Waals surface area (Å²) < 4.78 is 0. The van der Waals surface area contributed by atoms with E-state index in [0.29, 0.717) is 0 Å². The Morgan fingerprint density at radius 1 is 0.300 bits per heavy atom. The summed E-state index contributed by atoms with van der Waals surface area (Å²) in [5, 5.41) is 7.49. The molecule has 0 atom stereocenters.